The van der Waals surface area contributed by atoms with Crippen LogP contribution in [-0.4, -0.2) is 130 Å². The molecule has 1 unspecified atom stereocenters. The van der Waals surface area contributed by atoms with Crippen molar-refractivity contribution in [2.24, 2.45) is 13.0 Å². The Bertz CT molecular complexity index is 2720. The number of aliphatic hydroxyl groups is 1. The number of piperidine rings is 3. The summed E-state index contributed by atoms with van der Waals surface area (Å²) in [6.07, 6.45) is 0.862. The molecule has 1 saturated carbocycles. The number of sulfonamides is 1. The maximum Gasteiger partial charge on any atom is 0.421 e. The number of β-amino-alcohol motifs (C(OH)–C–C–N with tert-alkyl or cyclic N) is 1. The fourth-order valence-electron chi connectivity index (χ4n) is 11.1. The van der Waals surface area contributed by atoms with Crippen molar-refractivity contribution >= 4 is 56.0 Å². The van der Waals surface area contributed by atoms with Gasteiger partial charge in [-0.25, -0.2) is 22.9 Å². The van der Waals surface area contributed by atoms with Crippen LogP contribution in [0.4, 0.5) is 36.3 Å². The molecule has 0 radical (unpaired) electrons. The first-order valence-electron chi connectivity index (χ1n) is 23.3. The molecule has 9 rings (SSSR count). The third-order valence-corrected chi connectivity index (χ3v) is 16.2. The largest absolute Gasteiger partial charge is 0.421 e. The molecular weight excluding hydrogens is 892 g/mol. The number of hydrogen-bond donors (Lipinski definition) is 4. The number of aryl methyl sites for hydroxylation is 2. The van der Waals surface area contributed by atoms with Crippen molar-refractivity contribution in [2.75, 3.05) is 74.0 Å². The molecule has 0 spiro atoms. The van der Waals surface area contributed by atoms with Gasteiger partial charge in [0.25, 0.3) is 0 Å². The van der Waals surface area contributed by atoms with Crippen LogP contribution in [0.15, 0.2) is 52.3 Å². The zero-order chi connectivity index (χ0) is 47.6. The lowest BCUT2D eigenvalue weighted by Crippen LogP contribution is -2.65. The van der Waals surface area contributed by atoms with Crippen LogP contribution < -0.4 is 30.8 Å². The van der Waals surface area contributed by atoms with E-state index in [1.165, 1.54) is 21.6 Å². The number of carbonyl (C=O) groups excluding carboxylic acids is 2. The normalized spacial score (nSPS) is 26.2. The number of rotatable bonds is 11. The van der Waals surface area contributed by atoms with E-state index in [1.54, 1.807) is 31.5 Å². The minimum Gasteiger partial charge on any atom is -0.388 e. The van der Waals surface area contributed by atoms with Crippen molar-refractivity contribution in [1.82, 2.24) is 38.9 Å². The van der Waals surface area contributed by atoms with E-state index in [9.17, 15) is 41.1 Å². The molecule has 21 heteroatoms. The van der Waals surface area contributed by atoms with Crippen LogP contribution in [0.1, 0.15) is 82.4 Å². The number of nitrogens with one attached hydrogen (secondary N) is 3. The molecule has 2 atom stereocenters. The van der Waals surface area contributed by atoms with Crippen LogP contribution in [0.3, 0.4) is 0 Å². The van der Waals surface area contributed by atoms with E-state index in [1.807, 2.05) is 18.2 Å². The SMILES string of the molecule is Cc1cc(S(=O)(=O)NC2CC(C)(N3CCN(CC4CCN(c5cccc6c5n(C)c(=O)n6C5CCC(=O)NC5=O)CC4)CC3)C2)ccc1Nc1ncc(C(F)(F)F)c(N2CCC[C@](C)(O)C2)n1. The number of aromatic nitrogens is 4. The summed E-state index contributed by atoms with van der Waals surface area (Å²) in [5.74, 6) is -0.634. The third kappa shape index (κ3) is 9.53. The van der Waals surface area contributed by atoms with Gasteiger partial charge >= 0.3 is 11.9 Å². The van der Waals surface area contributed by atoms with Crippen LogP contribution in [0, 0.1) is 12.8 Å². The van der Waals surface area contributed by atoms with Gasteiger partial charge in [0.15, 0.2) is 0 Å². The van der Waals surface area contributed by atoms with Gasteiger partial charge in [-0.15, -0.1) is 0 Å². The number of alkyl halides is 3. The number of imide groups is 1. The molecule has 17 nitrogen and oxygen atoms in total. The minimum atomic E-state index is -4.70. The highest BCUT2D eigenvalue weighted by Crippen LogP contribution is 2.41. The van der Waals surface area contributed by atoms with Gasteiger partial charge in [-0.3, -0.25) is 28.9 Å². The second kappa shape index (κ2) is 17.8. The van der Waals surface area contributed by atoms with Gasteiger partial charge in [0.05, 0.1) is 27.2 Å². The maximum absolute atomic E-state index is 14.0. The first-order chi connectivity index (χ1) is 31.7. The Balaban J connectivity index is 0.750. The molecule has 2 aromatic carbocycles. The molecule has 6 heterocycles. The Morgan fingerprint density at radius 3 is 2.36 bits per heavy atom. The molecule has 0 bridgehead atoms. The van der Waals surface area contributed by atoms with E-state index >= 15 is 0 Å². The van der Waals surface area contributed by atoms with E-state index in [0.29, 0.717) is 61.3 Å². The lowest BCUT2D eigenvalue weighted by molar-refractivity contribution is -0.138. The molecule has 4 N–H and O–H groups in total. The number of benzene rings is 2. The second-order valence-electron chi connectivity index (χ2n) is 19.8. The van der Waals surface area contributed by atoms with Crippen molar-refractivity contribution in [3.63, 3.8) is 0 Å². The van der Waals surface area contributed by atoms with Gasteiger partial charge in [0.2, 0.25) is 27.8 Å². The summed E-state index contributed by atoms with van der Waals surface area (Å²) in [6, 6.07) is 9.41. The summed E-state index contributed by atoms with van der Waals surface area (Å²) in [5, 5.41) is 15.9. The Labute approximate surface area is 387 Å². The molecule has 5 fully saturated rings. The molecule has 2 amide bonds. The van der Waals surface area contributed by atoms with Crippen molar-refractivity contribution in [1.29, 1.82) is 0 Å². The molecular formula is C46H60F3N11O6S. The topological polar surface area (TPSA) is 190 Å². The highest BCUT2D eigenvalue weighted by atomic mass is 32.2. The van der Waals surface area contributed by atoms with Crippen molar-refractivity contribution < 1.29 is 36.3 Å². The Kier molecular flexibility index (Phi) is 12.5. The number of fused-ring (bicyclic) bond motifs is 1. The molecule has 5 aliphatic rings. The number of nitrogens with zero attached hydrogens (tertiary/aromatic N) is 8. The number of carbonyl (C=O) groups is 2. The van der Waals surface area contributed by atoms with Crippen LogP contribution >= 0.6 is 0 Å². The molecule has 4 aliphatic heterocycles. The van der Waals surface area contributed by atoms with Crippen LogP contribution in [0.2, 0.25) is 0 Å². The Morgan fingerprint density at radius 2 is 1.69 bits per heavy atom. The summed E-state index contributed by atoms with van der Waals surface area (Å²) < 4.78 is 75.2. The number of anilines is 4. The fourth-order valence-corrected chi connectivity index (χ4v) is 12.4. The fraction of sp³-hybridized carbons (Fsp3) is 0.587. The molecule has 4 aromatic rings. The highest BCUT2D eigenvalue weighted by molar-refractivity contribution is 7.89. The molecule has 1 aliphatic carbocycles. The third-order valence-electron chi connectivity index (χ3n) is 14.7. The smallest absolute Gasteiger partial charge is 0.388 e. The van der Waals surface area contributed by atoms with Gasteiger partial charge in [-0.05, 0) is 108 Å². The first kappa shape index (κ1) is 47.0. The summed E-state index contributed by atoms with van der Waals surface area (Å²) in [5.41, 5.74) is 0.889. The highest BCUT2D eigenvalue weighted by Gasteiger charge is 2.47. The number of piperazine rings is 1. The first-order valence-corrected chi connectivity index (χ1v) is 24.7. The molecule has 362 valence electrons. The van der Waals surface area contributed by atoms with Crippen LogP contribution in [0.25, 0.3) is 11.0 Å². The number of para-hydroxylation sites is 1. The molecule has 4 saturated heterocycles. The monoisotopic (exact) mass is 951 g/mol. The Morgan fingerprint density at radius 1 is 0.955 bits per heavy atom. The predicted molar refractivity (Wildman–Crippen MR) is 247 cm³/mol. The Hall–Kier alpha value is -5.09. The van der Waals surface area contributed by atoms with E-state index in [4.69, 9.17) is 0 Å². The summed E-state index contributed by atoms with van der Waals surface area (Å²) in [7, 11) is -2.14. The quantitative estimate of drug-likeness (QED) is 0.156. The lowest BCUT2D eigenvalue weighted by atomic mass is 9.73. The van der Waals surface area contributed by atoms with Gasteiger partial charge in [-0.1, -0.05) is 6.07 Å². The number of halogens is 3. The van der Waals surface area contributed by atoms with E-state index in [2.05, 4.69) is 46.9 Å². The van der Waals surface area contributed by atoms with Crippen molar-refractivity contribution in [2.45, 2.75) is 106 Å². The number of amides is 2. The van der Waals surface area contributed by atoms with E-state index in [0.717, 1.165) is 76.1 Å². The van der Waals surface area contributed by atoms with Crippen molar-refractivity contribution in [3.8, 4) is 0 Å². The minimum absolute atomic E-state index is 0.00820. The van der Waals surface area contributed by atoms with Gasteiger partial charge < -0.3 is 25.1 Å². The van der Waals surface area contributed by atoms with Crippen LogP contribution in [0.5, 0.6) is 0 Å². The van der Waals surface area contributed by atoms with Gasteiger partial charge in [-0.2, -0.15) is 18.2 Å². The van der Waals surface area contributed by atoms with Crippen LogP contribution in [-0.2, 0) is 32.8 Å². The van der Waals surface area contributed by atoms with Gasteiger partial charge in [0.1, 0.15) is 17.4 Å². The number of imidazole rings is 1. The second-order valence-corrected chi connectivity index (χ2v) is 21.5. The van der Waals surface area contributed by atoms with E-state index in [-0.39, 0.29) is 52.8 Å². The number of hydrogen-bond acceptors (Lipinski definition) is 13. The maximum atomic E-state index is 14.0. The lowest BCUT2D eigenvalue weighted by Gasteiger charge is -2.54. The zero-order valence-electron chi connectivity index (χ0n) is 38.4. The average Bonchev–Trinajstić information content (AvgIpc) is 3.51. The van der Waals surface area contributed by atoms with Crippen molar-refractivity contribution in [3.05, 3.63) is 64.2 Å². The average molecular weight is 952 g/mol. The van der Waals surface area contributed by atoms with Gasteiger partial charge in [0, 0.05) is 95.8 Å². The standard InChI is InChI=1S/C46H60F3N11O6S/c1-29-23-32(9-10-34(29)51-42-50-26-33(46(47,48)49)40(53-42)58-16-6-15-45(3,64)28-58)67(65,66)54-31-24-44(2,25-31)59-21-19-56(20-22-59)27-30-13-17-57(18-14-30)35-7-5-8-36-39(35)55(4)43(63)60(36)37-11-12-38(61)52-41(37)62/h5,7-10,23,26,30-31,37,54,64H,6,11-22,24-25,27-28H2,1-4H3,(H,50,51,53)(H,52,61,62)/t31?,37?,44?,45-/m0/s1. The predicted octanol–water partition coefficient (Wildman–Crippen LogP) is 4.26. The summed E-state index contributed by atoms with van der Waals surface area (Å²) in [4.78, 5) is 55.0. The molecule has 2 aromatic heterocycles. The zero-order valence-corrected chi connectivity index (χ0v) is 39.2. The summed E-state index contributed by atoms with van der Waals surface area (Å²) >= 11 is 0. The summed E-state index contributed by atoms with van der Waals surface area (Å²) in [6.45, 7) is 12.1. The van der Waals surface area contributed by atoms with E-state index < -0.39 is 39.3 Å². The molecule has 67 heavy (non-hydrogen) atoms.